The van der Waals surface area contributed by atoms with Crippen LogP contribution in [0.4, 0.5) is 4.79 Å². The molecule has 0 saturated heterocycles. The highest BCUT2D eigenvalue weighted by Crippen LogP contribution is 2.18. The number of hydrogen-bond donors (Lipinski definition) is 3. The summed E-state index contributed by atoms with van der Waals surface area (Å²) in [7, 11) is 0. The molecule has 1 saturated carbocycles. The third-order valence-corrected chi connectivity index (χ3v) is 2.51. The molecule has 1 rings (SSSR count). The molecular weight excluding hydrogens is 166 g/mol. The molecule has 0 aromatic heterocycles. The average molecular weight is 185 g/mol. The van der Waals surface area contributed by atoms with Crippen LogP contribution < -0.4 is 16.4 Å². The highest BCUT2D eigenvalue weighted by molar-refractivity contribution is 5.71. The molecule has 1 aliphatic rings. The van der Waals surface area contributed by atoms with Gasteiger partial charge in [-0.25, -0.2) is 4.79 Å². The van der Waals surface area contributed by atoms with E-state index in [9.17, 15) is 4.79 Å². The second kappa shape index (κ2) is 5.07. The largest absolute Gasteiger partial charge is 0.352 e. The Hall–Kier alpha value is -0.770. The molecule has 1 aliphatic carbocycles. The standard InChI is InChI=1S/C9H19N3O/c1-2-11-7-4-3-5-8(6-7)12-9(10)13/h7-8,11H,2-6H2,1H3,(H3,10,12,13). The molecule has 2 amide bonds. The molecule has 1 fully saturated rings. The lowest BCUT2D eigenvalue weighted by atomic mass is 9.91. The summed E-state index contributed by atoms with van der Waals surface area (Å²) in [5.74, 6) is 0. The van der Waals surface area contributed by atoms with Gasteiger partial charge in [-0.15, -0.1) is 0 Å². The number of primary amides is 1. The van der Waals surface area contributed by atoms with E-state index in [1.165, 1.54) is 12.8 Å². The minimum atomic E-state index is -0.401. The molecule has 0 heterocycles. The Morgan fingerprint density at radius 3 is 2.77 bits per heavy atom. The number of carbonyl (C=O) groups excluding carboxylic acids is 1. The fourth-order valence-electron chi connectivity index (χ4n) is 2.00. The summed E-state index contributed by atoms with van der Waals surface area (Å²) in [4.78, 5) is 10.6. The monoisotopic (exact) mass is 185 g/mol. The Labute approximate surface area is 79.3 Å². The van der Waals surface area contributed by atoms with E-state index in [4.69, 9.17) is 5.73 Å². The van der Waals surface area contributed by atoms with Gasteiger partial charge in [0.05, 0.1) is 0 Å². The van der Waals surface area contributed by atoms with Crippen LogP contribution in [0.3, 0.4) is 0 Å². The summed E-state index contributed by atoms with van der Waals surface area (Å²) >= 11 is 0. The lowest BCUT2D eigenvalue weighted by molar-refractivity contribution is 0.236. The minimum Gasteiger partial charge on any atom is -0.352 e. The highest BCUT2D eigenvalue weighted by Gasteiger charge is 2.21. The van der Waals surface area contributed by atoms with Crippen LogP contribution in [-0.4, -0.2) is 24.7 Å². The minimum absolute atomic E-state index is 0.273. The second-order valence-corrected chi connectivity index (χ2v) is 3.63. The first-order chi connectivity index (χ1) is 6.22. The molecule has 4 nitrogen and oxygen atoms in total. The van der Waals surface area contributed by atoms with Crippen molar-refractivity contribution in [3.63, 3.8) is 0 Å². The lowest BCUT2D eigenvalue weighted by Crippen LogP contribution is -2.45. The molecule has 0 aliphatic heterocycles. The van der Waals surface area contributed by atoms with E-state index in [2.05, 4.69) is 17.6 Å². The predicted octanol–water partition coefficient (Wildman–Crippen LogP) is 0.575. The maximum absolute atomic E-state index is 10.6. The molecule has 13 heavy (non-hydrogen) atoms. The van der Waals surface area contributed by atoms with Crippen molar-refractivity contribution in [1.82, 2.24) is 10.6 Å². The number of rotatable bonds is 3. The molecule has 4 N–H and O–H groups in total. The maximum Gasteiger partial charge on any atom is 0.312 e. The molecule has 0 spiro atoms. The van der Waals surface area contributed by atoms with Crippen LogP contribution in [0.5, 0.6) is 0 Å². The Morgan fingerprint density at radius 2 is 2.15 bits per heavy atom. The molecule has 4 heteroatoms. The van der Waals surface area contributed by atoms with Gasteiger partial charge in [-0.2, -0.15) is 0 Å². The van der Waals surface area contributed by atoms with E-state index < -0.39 is 6.03 Å². The zero-order valence-electron chi connectivity index (χ0n) is 8.18. The fourth-order valence-corrected chi connectivity index (χ4v) is 2.00. The Bertz CT molecular complexity index is 170. The third-order valence-electron chi connectivity index (χ3n) is 2.51. The van der Waals surface area contributed by atoms with Crippen LogP contribution in [0.25, 0.3) is 0 Å². The number of nitrogens with one attached hydrogen (secondary N) is 2. The van der Waals surface area contributed by atoms with Gasteiger partial charge in [0.2, 0.25) is 0 Å². The maximum atomic E-state index is 10.6. The Kier molecular flexibility index (Phi) is 4.02. The van der Waals surface area contributed by atoms with Gasteiger partial charge in [0, 0.05) is 12.1 Å². The molecule has 0 aromatic rings. The summed E-state index contributed by atoms with van der Waals surface area (Å²) in [6.45, 7) is 3.10. The molecular formula is C9H19N3O. The van der Waals surface area contributed by atoms with Crippen molar-refractivity contribution in [2.24, 2.45) is 5.73 Å². The molecule has 0 aromatic carbocycles. The van der Waals surface area contributed by atoms with Gasteiger partial charge < -0.3 is 16.4 Å². The van der Waals surface area contributed by atoms with Crippen LogP contribution in [-0.2, 0) is 0 Å². The second-order valence-electron chi connectivity index (χ2n) is 3.63. The summed E-state index contributed by atoms with van der Waals surface area (Å²) < 4.78 is 0. The molecule has 0 radical (unpaired) electrons. The normalized spacial score (nSPS) is 28.4. The van der Waals surface area contributed by atoms with Gasteiger partial charge in [0.15, 0.2) is 0 Å². The van der Waals surface area contributed by atoms with Gasteiger partial charge in [-0.1, -0.05) is 6.92 Å². The van der Waals surface area contributed by atoms with Crippen molar-refractivity contribution in [1.29, 1.82) is 0 Å². The van der Waals surface area contributed by atoms with E-state index in [0.717, 1.165) is 19.4 Å². The lowest BCUT2D eigenvalue weighted by Gasteiger charge is -2.29. The first-order valence-corrected chi connectivity index (χ1v) is 5.01. The van der Waals surface area contributed by atoms with Crippen LogP contribution in [0, 0.1) is 0 Å². The van der Waals surface area contributed by atoms with E-state index in [-0.39, 0.29) is 6.04 Å². The Morgan fingerprint density at radius 1 is 1.46 bits per heavy atom. The van der Waals surface area contributed by atoms with Crippen molar-refractivity contribution in [3.05, 3.63) is 0 Å². The number of amides is 2. The van der Waals surface area contributed by atoms with Crippen molar-refractivity contribution in [3.8, 4) is 0 Å². The van der Waals surface area contributed by atoms with Crippen molar-refractivity contribution >= 4 is 6.03 Å². The molecule has 0 bridgehead atoms. The van der Waals surface area contributed by atoms with E-state index in [1.54, 1.807) is 0 Å². The average Bonchev–Trinajstić information content (AvgIpc) is 2.04. The van der Waals surface area contributed by atoms with Crippen LogP contribution in [0.1, 0.15) is 32.6 Å². The fraction of sp³-hybridized carbons (Fsp3) is 0.889. The van der Waals surface area contributed by atoms with Gasteiger partial charge >= 0.3 is 6.03 Å². The van der Waals surface area contributed by atoms with Gasteiger partial charge in [0.1, 0.15) is 0 Å². The Balaban J connectivity index is 2.28. The van der Waals surface area contributed by atoms with Crippen LogP contribution in [0.2, 0.25) is 0 Å². The topological polar surface area (TPSA) is 67.2 Å². The number of nitrogens with two attached hydrogens (primary N) is 1. The van der Waals surface area contributed by atoms with Crippen molar-refractivity contribution in [2.45, 2.75) is 44.7 Å². The van der Waals surface area contributed by atoms with Gasteiger partial charge in [-0.3, -0.25) is 0 Å². The summed E-state index contributed by atoms with van der Waals surface area (Å²) in [6, 6.07) is 0.424. The summed E-state index contributed by atoms with van der Waals surface area (Å²) in [5.41, 5.74) is 5.07. The van der Waals surface area contributed by atoms with E-state index >= 15 is 0 Å². The quantitative estimate of drug-likeness (QED) is 0.602. The molecule has 2 atom stereocenters. The van der Waals surface area contributed by atoms with Crippen molar-refractivity contribution < 1.29 is 4.79 Å². The first-order valence-electron chi connectivity index (χ1n) is 5.01. The third kappa shape index (κ3) is 3.63. The van der Waals surface area contributed by atoms with Crippen LogP contribution >= 0.6 is 0 Å². The van der Waals surface area contributed by atoms with Crippen LogP contribution in [0.15, 0.2) is 0 Å². The first kappa shape index (κ1) is 10.3. The van der Waals surface area contributed by atoms with Crippen molar-refractivity contribution in [2.75, 3.05) is 6.54 Å². The highest BCUT2D eigenvalue weighted by atomic mass is 16.2. The predicted molar refractivity (Wildman–Crippen MR) is 52.4 cm³/mol. The molecule has 2 unspecified atom stereocenters. The summed E-state index contributed by atoms with van der Waals surface area (Å²) in [6.07, 6.45) is 4.45. The zero-order chi connectivity index (χ0) is 9.68. The zero-order valence-corrected chi connectivity index (χ0v) is 8.18. The number of hydrogen-bond acceptors (Lipinski definition) is 2. The van der Waals surface area contributed by atoms with E-state index in [1.807, 2.05) is 0 Å². The van der Waals surface area contributed by atoms with Gasteiger partial charge in [-0.05, 0) is 32.2 Å². The van der Waals surface area contributed by atoms with E-state index in [0.29, 0.717) is 6.04 Å². The summed E-state index contributed by atoms with van der Waals surface area (Å²) in [5, 5.41) is 6.16. The SMILES string of the molecule is CCNC1CCCC(NC(N)=O)C1. The molecule has 76 valence electrons. The van der Waals surface area contributed by atoms with Gasteiger partial charge in [0.25, 0.3) is 0 Å². The number of urea groups is 1. The number of carbonyl (C=O) groups is 1. The smallest absolute Gasteiger partial charge is 0.312 e.